The van der Waals surface area contributed by atoms with Gasteiger partial charge in [0.15, 0.2) is 0 Å². The van der Waals surface area contributed by atoms with Crippen molar-refractivity contribution >= 4 is 0 Å². The molecule has 0 radical (unpaired) electrons. The molecule has 2 atom stereocenters. The Morgan fingerprint density at radius 3 is 2.75 bits per heavy atom. The second-order valence-electron chi connectivity index (χ2n) is 3.48. The summed E-state index contributed by atoms with van der Waals surface area (Å²) in [5.41, 5.74) is 3.35. The number of hydrazine groups is 1. The summed E-state index contributed by atoms with van der Waals surface area (Å²) in [5, 5.41) is 0. The Hall–Kier alpha value is -1.04. The quantitative estimate of drug-likeness (QED) is 0.571. The first-order valence-corrected chi connectivity index (χ1v) is 5.41. The van der Waals surface area contributed by atoms with Crippen LogP contribution in [0.15, 0.2) is 18.5 Å². The lowest BCUT2D eigenvalue weighted by Crippen LogP contribution is -2.38. The van der Waals surface area contributed by atoms with E-state index < -0.39 is 0 Å². The van der Waals surface area contributed by atoms with Crippen LogP contribution in [0.2, 0.25) is 0 Å². The first-order chi connectivity index (χ1) is 7.72. The molecule has 1 aromatic rings. The summed E-state index contributed by atoms with van der Waals surface area (Å²) in [6.45, 7) is 4.51. The average Bonchev–Trinajstić information content (AvgIpc) is 2.29. The van der Waals surface area contributed by atoms with Gasteiger partial charge in [0.1, 0.15) is 5.82 Å². The normalized spacial score (nSPS) is 14.8. The zero-order valence-corrected chi connectivity index (χ0v) is 9.61. The van der Waals surface area contributed by atoms with Gasteiger partial charge in [0.2, 0.25) is 0 Å². The molecule has 3 N–H and O–H groups in total. The zero-order valence-electron chi connectivity index (χ0n) is 9.61. The van der Waals surface area contributed by atoms with Gasteiger partial charge in [-0.05, 0) is 25.0 Å². The Kier molecular flexibility index (Phi) is 5.31. The molecule has 1 aromatic heterocycles. The maximum absolute atomic E-state index is 13.0. The zero-order chi connectivity index (χ0) is 12.0. The minimum absolute atomic E-state index is 0.0846. The van der Waals surface area contributed by atoms with E-state index in [1.54, 1.807) is 6.20 Å². The lowest BCUT2D eigenvalue weighted by molar-refractivity contribution is 0.0312. The summed E-state index contributed by atoms with van der Waals surface area (Å²) < 4.78 is 18.6. The van der Waals surface area contributed by atoms with Crippen molar-refractivity contribution in [1.82, 2.24) is 10.4 Å². The van der Waals surface area contributed by atoms with E-state index in [0.717, 1.165) is 6.42 Å². The van der Waals surface area contributed by atoms with Crippen molar-refractivity contribution in [2.24, 2.45) is 5.84 Å². The van der Waals surface area contributed by atoms with Crippen LogP contribution in [0.4, 0.5) is 4.39 Å². The molecule has 16 heavy (non-hydrogen) atoms. The average molecular weight is 227 g/mol. The van der Waals surface area contributed by atoms with E-state index in [1.807, 2.05) is 13.8 Å². The third-order valence-corrected chi connectivity index (χ3v) is 2.42. The summed E-state index contributed by atoms with van der Waals surface area (Å²) >= 11 is 0. The highest BCUT2D eigenvalue weighted by molar-refractivity contribution is 5.16. The summed E-state index contributed by atoms with van der Waals surface area (Å²) in [5.74, 6) is 5.11. The van der Waals surface area contributed by atoms with Gasteiger partial charge in [-0.2, -0.15) is 0 Å². The molecule has 0 aliphatic heterocycles. The Bertz CT molecular complexity index is 322. The van der Waals surface area contributed by atoms with Gasteiger partial charge in [-0.15, -0.1) is 0 Å². The van der Waals surface area contributed by atoms with Crippen molar-refractivity contribution in [2.75, 3.05) is 6.61 Å². The maximum atomic E-state index is 13.0. The minimum atomic E-state index is -0.371. The van der Waals surface area contributed by atoms with Gasteiger partial charge in [0, 0.05) is 12.8 Å². The fourth-order valence-corrected chi connectivity index (χ4v) is 1.68. The van der Waals surface area contributed by atoms with Gasteiger partial charge in [0.25, 0.3) is 0 Å². The van der Waals surface area contributed by atoms with Gasteiger partial charge in [-0.25, -0.2) is 4.39 Å². The molecule has 4 nitrogen and oxygen atoms in total. The maximum Gasteiger partial charge on any atom is 0.141 e. The van der Waals surface area contributed by atoms with Crippen LogP contribution in [0, 0.1) is 5.82 Å². The monoisotopic (exact) mass is 227 g/mol. The highest BCUT2D eigenvalue weighted by atomic mass is 19.1. The number of halogens is 1. The van der Waals surface area contributed by atoms with Crippen molar-refractivity contribution < 1.29 is 9.13 Å². The number of nitrogens with two attached hydrogens (primary N) is 1. The van der Waals surface area contributed by atoms with Gasteiger partial charge in [-0.3, -0.25) is 16.3 Å². The molecule has 90 valence electrons. The van der Waals surface area contributed by atoms with Crippen LogP contribution in [0.25, 0.3) is 0 Å². The molecule has 0 aromatic carbocycles. The van der Waals surface area contributed by atoms with E-state index in [9.17, 15) is 4.39 Å². The predicted molar refractivity (Wildman–Crippen MR) is 60.0 cm³/mol. The smallest absolute Gasteiger partial charge is 0.141 e. The van der Waals surface area contributed by atoms with E-state index in [2.05, 4.69) is 10.4 Å². The van der Waals surface area contributed by atoms with Gasteiger partial charge in [0.05, 0.1) is 18.3 Å². The number of pyridine rings is 1. The van der Waals surface area contributed by atoms with Crippen LogP contribution < -0.4 is 11.3 Å². The fraction of sp³-hybridized carbons (Fsp3) is 0.545. The van der Waals surface area contributed by atoms with Crippen molar-refractivity contribution in [3.8, 4) is 0 Å². The SMILES string of the molecule is CCOC(CC)C(NN)c1cncc(F)c1. The number of hydrogen-bond acceptors (Lipinski definition) is 4. The molecule has 5 heteroatoms. The van der Waals surface area contributed by atoms with Crippen LogP contribution in [0.3, 0.4) is 0 Å². The Labute approximate surface area is 95.0 Å². The highest BCUT2D eigenvalue weighted by Gasteiger charge is 2.21. The number of aromatic nitrogens is 1. The number of rotatable bonds is 6. The van der Waals surface area contributed by atoms with Crippen LogP contribution in [-0.2, 0) is 4.74 Å². The Morgan fingerprint density at radius 2 is 2.25 bits per heavy atom. The fourth-order valence-electron chi connectivity index (χ4n) is 1.68. The second kappa shape index (κ2) is 6.52. The minimum Gasteiger partial charge on any atom is -0.376 e. The second-order valence-corrected chi connectivity index (χ2v) is 3.48. The first-order valence-electron chi connectivity index (χ1n) is 5.41. The van der Waals surface area contributed by atoms with Gasteiger partial charge >= 0.3 is 0 Å². The van der Waals surface area contributed by atoms with Crippen LogP contribution in [-0.4, -0.2) is 17.7 Å². The van der Waals surface area contributed by atoms with Gasteiger partial charge < -0.3 is 4.74 Å². The first kappa shape index (κ1) is 13.0. The molecule has 0 saturated carbocycles. The molecule has 1 heterocycles. The molecule has 0 amide bonds. The molecule has 0 spiro atoms. The third-order valence-electron chi connectivity index (χ3n) is 2.42. The molecular formula is C11H18FN3O. The highest BCUT2D eigenvalue weighted by Crippen LogP contribution is 2.20. The topological polar surface area (TPSA) is 60.2 Å². The predicted octanol–water partition coefficient (Wildman–Crippen LogP) is 1.54. The summed E-state index contributed by atoms with van der Waals surface area (Å²) in [6.07, 6.45) is 3.46. The molecule has 0 fully saturated rings. The van der Waals surface area contributed by atoms with E-state index in [4.69, 9.17) is 10.6 Å². The van der Waals surface area contributed by atoms with E-state index in [-0.39, 0.29) is 18.0 Å². The van der Waals surface area contributed by atoms with Crippen molar-refractivity contribution in [3.63, 3.8) is 0 Å². The standard InChI is InChI=1S/C11H18FN3O/c1-3-10(16-4-2)11(15-13)8-5-9(12)7-14-6-8/h5-7,10-11,15H,3-4,13H2,1-2H3. The molecule has 0 aliphatic carbocycles. The molecule has 1 rings (SSSR count). The van der Waals surface area contributed by atoms with Crippen LogP contribution in [0.1, 0.15) is 31.9 Å². The van der Waals surface area contributed by atoms with E-state index in [0.29, 0.717) is 12.2 Å². The Balaban J connectivity index is 2.87. The van der Waals surface area contributed by atoms with Crippen LogP contribution in [0.5, 0.6) is 0 Å². The summed E-state index contributed by atoms with van der Waals surface area (Å²) in [4.78, 5) is 3.80. The summed E-state index contributed by atoms with van der Waals surface area (Å²) in [6, 6.07) is 1.17. The Morgan fingerprint density at radius 1 is 1.50 bits per heavy atom. The summed E-state index contributed by atoms with van der Waals surface area (Å²) in [7, 11) is 0. The molecule has 0 bridgehead atoms. The number of nitrogens with one attached hydrogen (secondary N) is 1. The van der Waals surface area contributed by atoms with Gasteiger partial charge in [-0.1, -0.05) is 6.92 Å². The van der Waals surface area contributed by atoms with Crippen molar-refractivity contribution in [2.45, 2.75) is 32.4 Å². The van der Waals surface area contributed by atoms with Crippen LogP contribution >= 0.6 is 0 Å². The lowest BCUT2D eigenvalue weighted by atomic mass is 10.0. The number of hydrogen-bond donors (Lipinski definition) is 2. The molecular weight excluding hydrogens is 209 g/mol. The number of nitrogens with zero attached hydrogens (tertiary/aromatic N) is 1. The number of ether oxygens (including phenoxy) is 1. The largest absolute Gasteiger partial charge is 0.376 e. The molecule has 0 aliphatic rings. The van der Waals surface area contributed by atoms with Crippen molar-refractivity contribution in [1.29, 1.82) is 0 Å². The van der Waals surface area contributed by atoms with Crippen molar-refractivity contribution in [3.05, 3.63) is 29.8 Å². The lowest BCUT2D eigenvalue weighted by Gasteiger charge is -2.25. The third kappa shape index (κ3) is 3.23. The molecule has 2 unspecified atom stereocenters. The van der Waals surface area contributed by atoms with E-state index >= 15 is 0 Å². The molecule has 0 saturated heterocycles. The van der Waals surface area contributed by atoms with E-state index in [1.165, 1.54) is 12.3 Å².